The number of aromatic nitrogens is 1. The summed E-state index contributed by atoms with van der Waals surface area (Å²) in [5, 5.41) is 7.39. The molecule has 0 atom stereocenters. The molecule has 0 radical (unpaired) electrons. The number of hydrogen-bond acceptors (Lipinski definition) is 3. The molecule has 1 N–H and O–H groups in total. The Labute approximate surface area is 127 Å². The lowest BCUT2D eigenvalue weighted by atomic mass is 9.65. The molecule has 2 heterocycles. The van der Waals surface area contributed by atoms with Crippen molar-refractivity contribution in [1.82, 2.24) is 15.4 Å². The lowest BCUT2D eigenvalue weighted by Gasteiger charge is -2.62. The molecule has 1 aliphatic rings. The first-order valence-electron chi connectivity index (χ1n) is 7.82. The molecule has 0 amide bonds. The molecule has 1 saturated heterocycles. The van der Waals surface area contributed by atoms with Crippen LogP contribution in [0.15, 0.2) is 15.6 Å². The lowest BCUT2D eigenvalue weighted by molar-refractivity contribution is -0.0668. The summed E-state index contributed by atoms with van der Waals surface area (Å²) in [7, 11) is 0. The van der Waals surface area contributed by atoms with Crippen molar-refractivity contribution in [2.75, 3.05) is 13.1 Å². The molecule has 21 heavy (non-hydrogen) atoms. The molecule has 0 unspecified atom stereocenters. The molecule has 0 spiro atoms. The molecule has 1 aromatic rings. The predicted octanol–water partition coefficient (Wildman–Crippen LogP) is 2.82. The van der Waals surface area contributed by atoms with Crippen LogP contribution in [0, 0.1) is 5.41 Å². The smallest absolute Gasteiger partial charge is 0.194 e. The largest absolute Gasteiger partial charge is 0.359 e. The highest BCUT2D eigenvalue weighted by molar-refractivity contribution is 5.82. The molecule has 0 aromatic carbocycles. The lowest BCUT2D eigenvalue weighted by Crippen LogP contribution is -2.72. The van der Waals surface area contributed by atoms with Crippen molar-refractivity contribution in [3.63, 3.8) is 0 Å². The minimum absolute atomic E-state index is 0.101. The second kappa shape index (κ2) is 5.70. The van der Waals surface area contributed by atoms with Crippen LogP contribution in [0.1, 0.15) is 53.0 Å². The quantitative estimate of drug-likeness (QED) is 0.685. The molecule has 5 heteroatoms. The van der Waals surface area contributed by atoms with Gasteiger partial charge in [-0.05, 0) is 27.2 Å². The zero-order chi connectivity index (χ0) is 15.7. The maximum absolute atomic E-state index is 5.31. The van der Waals surface area contributed by atoms with Crippen molar-refractivity contribution in [2.45, 2.75) is 60.0 Å². The van der Waals surface area contributed by atoms with Crippen LogP contribution in [0.25, 0.3) is 0 Å². The van der Waals surface area contributed by atoms with Gasteiger partial charge in [-0.1, -0.05) is 25.9 Å². The first-order chi connectivity index (χ1) is 9.81. The van der Waals surface area contributed by atoms with Crippen LogP contribution in [-0.4, -0.2) is 34.6 Å². The van der Waals surface area contributed by atoms with Crippen LogP contribution in [0.3, 0.4) is 0 Å². The number of nitrogens with one attached hydrogen (secondary N) is 1. The summed E-state index contributed by atoms with van der Waals surface area (Å²) in [6.07, 6.45) is 0.890. The SMILES string of the molecule is CCNC(=NCc1cc(CC)no1)N1CC(C)(C)C1(C)C. The standard InChI is InChI=1S/C16H28N4O/c1-7-12-9-13(21-19-12)10-18-14(17-8-2)20-11-15(3,4)16(20,5)6/h9H,7-8,10-11H2,1-6H3,(H,17,18). The maximum atomic E-state index is 5.31. The summed E-state index contributed by atoms with van der Waals surface area (Å²) in [4.78, 5) is 7.05. The third-order valence-corrected chi connectivity index (χ3v) is 4.83. The summed E-state index contributed by atoms with van der Waals surface area (Å²) in [5.74, 6) is 1.77. The van der Waals surface area contributed by atoms with Gasteiger partial charge in [0.1, 0.15) is 6.54 Å². The van der Waals surface area contributed by atoms with Crippen molar-refractivity contribution >= 4 is 5.96 Å². The molecule has 1 fully saturated rings. The molecule has 1 aliphatic heterocycles. The molecule has 118 valence electrons. The van der Waals surface area contributed by atoms with Crippen molar-refractivity contribution in [3.8, 4) is 0 Å². The number of aliphatic imine (C=N–C) groups is 1. The van der Waals surface area contributed by atoms with Gasteiger partial charge in [-0.2, -0.15) is 0 Å². The number of hydrogen-bond donors (Lipinski definition) is 1. The van der Waals surface area contributed by atoms with Crippen LogP contribution >= 0.6 is 0 Å². The van der Waals surface area contributed by atoms with E-state index in [1.807, 2.05) is 6.07 Å². The van der Waals surface area contributed by atoms with Gasteiger partial charge >= 0.3 is 0 Å². The van der Waals surface area contributed by atoms with Crippen molar-refractivity contribution in [1.29, 1.82) is 0 Å². The summed E-state index contributed by atoms with van der Waals surface area (Å²) in [6.45, 7) is 15.7. The van der Waals surface area contributed by atoms with Crippen molar-refractivity contribution < 1.29 is 4.52 Å². The number of likely N-dealkylation sites (tertiary alicyclic amines) is 1. The normalized spacial score (nSPS) is 20.3. The average molecular weight is 292 g/mol. The Morgan fingerprint density at radius 2 is 2.10 bits per heavy atom. The molecule has 0 aliphatic carbocycles. The second-order valence-corrected chi connectivity index (χ2v) is 6.84. The summed E-state index contributed by atoms with van der Waals surface area (Å²) in [5.41, 5.74) is 1.38. The monoisotopic (exact) mass is 292 g/mol. The Hall–Kier alpha value is -1.52. The minimum Gasteiger partial charge on any atom is -0.359 e. The Morgan fingerprint density at radius 1 is 1.38 bits per heavy atom. The Morgan fingerprint density at radius 3 is 2.57 bits per heavy atom. The highest BCUT2D eigenvalue weighted by Crippen LogP contribution is 2.46. The maximum Gasteiger partial charge on any atom is 0.194 e. The second-order valence-electron chi connectivity index (χ2n) is 6.84. The van der Waals surface area contributed by atoms with E-state index < -0.39 is 0 Å². The Kier molecular flexibility index (Phi) is 4.30. The van der Waals surface area contributed by atoms with E-state index in [1.165, 1.54) is 0 Å². The van der Waals surface area contributed by atoms with Gasteiger partial charge < -0.3 is 14.7 Å². The molecular formula is C16H28N4O. The zero-order valence-electron chi connectivity index (χ0n) is 14.2. The first-order valence-corrected chi connectivity index (χ1v) is 7.82. The molecule has 2 rings (SSSR count). The van der Waals surface area contributed by atoms with Gasteiger partial charge in [0, 0.05) is 30.1 Å². The van der Waals surface area contributed by atoms with E-state index in [0.717, 1.165) is 36.9 Å². The van der Waals surface area contributed by atoms with E-state index in [4.69, 9.17) is 9.52 Å². The average Bonchev–Trinajstić information content (AvgIpc) is 2.89. The predicted molar refractivity (Wildman–Crippen MR) is 85.3 cm³/mol. The first kappa shape index (κ1) is 15.9. The Balaban J connectivity index is 2.10. The molecule has 5 nitrogen and oxygen atoms in total. The minimum atomic E-state index is 0.101. The van der Waals surface area contributed by atoms with Gasteiger partial charge in [-0.3, -0.25) is 0 Å². The van der Waals surface area contributed by atoms with Gasteiger partial charge in [0.25, 0.3) is 0 Å². The van der Waals surface area contributed by atoms with Crippen molar-refractivity contribution in [2.24, 2.45) is 10.4 Å². The fraction of sp³-hybridized carbons (Fsp3) is 0.750. The number of guanidine groups is 1. The number of rotatable bonds is 4. The van der Waals surface area contributed by atoms with Crippen LogP contribution in [0.2, 0.25) is 0 Å². The third-order valence-electron chi connectivity index (χ3n) is 4.83. The number of aryl methyl sites for hydroxylation is 1. The van der Waals surface area contributed by atoms with E-state index in [2.05, 4.69) is 56.9 Å². The van der Waals surface area contributed by atoms with Crippen LogP contribution in [-0.2, 0) is 13.0 Å². The van der Waals surface area contributed by atoms with E-state index in [9.17, 15) is 0 Å². The van der Waals surface area contributed by atoms with E-state index in [0.29, 0.717) is 12.0 Å². The summed E-state index contributed by atoms with van der Waals surface area (Å²) < 4.78 is 5.31. The van der Waals surface area contributed by atoms with Crippen molar-refractivity contribution in [3.05, 3.63) is 17.5 Å². The zero-order valence-corrected chi connectivity index (χ0v) is 14.2. The highest BCUT2D eigenvalue weighted by Gasteiger charge is 2.53. The molecule has 1 aromatic heterocycles. The summed E-state index contributed by atoms with van der Waals surface area (Å²) in [6, 6.07) is 1.98. The van der Waals surface area contributed by atoms with Gasteiger partial charge in [-0.25, -0.2) is 4.99 Å². The highest BCUT2D eigenvalue weighted by atomic mass is 16.5. The molecular weight excluding hydrogens is 264 g/mol. The van der Waals surface area contributed by atoms with Crippen LogP contribution in [0.5, 0.6) is 0 Å². The van der Waals surface area contributed by atoms with Gasteiger partial charge in [0.2, 0.25) is 0 Å². The van der Waals surface area contributed by atoms with Gasteiger partial charge in [0.05, 0.1) is 5.69 Å². The van der Waals surface area contributed by atoms with Crippen LogP contribution in [0.4, 0.5) is 0 Å². The van der Waals surface area contributed by atoms with Gasteiger partial charge in [-0.15, -0.1) is 0 Å². The van der Waals surface area contributed by atoms with Crippen LogP contribution < -0.4 is 5.32 Å². The van der Waals surface area contributed by atoms with E-state index in [-0.39, 0.29) is 5.54 Å². The van der Waals surface area contributed by atoms with Gasteiger partial charge in [0.15, 0.2) is 11.7 Å². The topological polar surface area (TPSA) is 53.7 Å². The fourth-order valence-corrected chi connectivity index (χ4v) is 2.54. The Bertz CT molecular complexity index is 516. The molecule has 0 bridgehead atoms. The molecule has 0 saturated carbocycles. The third kappa shape index (κ3) is 2.92. The van der Waals surface area contributed by atoms with E-state index in [1.54, 1.807) is 0 Å². The summed E-state index contributed by atoms with van der Waals surface area (Å²) >= 11 is 0. The number of nitrogens with zero attached hydrogens (tertiary/aromatic N) is 3. The van der Waals surface area contributed by atoms with E-state index >= 15 is 0 Å². The fourth-order valence-electron chi connectivity index (χ4n) is 2.54.